The number of ether oxygens (including phenoxy) is 1. The molecule has 0 saturated heterocycles. The van der Waals surface area contributed by atoms with E-state index in [1.165, 1.54) is 23.9 Å². The first kappa shape index (κ1) is 21.2. The Bertz CT molecular complexity index is 1040. The molecule has 154 valence electrons. The number of methoxy groups -OCH3 is 1. The summed E-state index contributed by atoms with van der Waals surface area (Å²) >= 11 is 1.38. The lowest BCUT2D eigenvalue weighted by Crippen LogP contribution is -2.27. The zero-order valence-electron chi connectivity index (χ0n) is 16.1. The molecule has 0 spiro atoms. The maximum absolute atomic E-state index is 12.6. The van der Waals surface area contributed by atoms with Gasteiger partial charge in [0.25, 0.3) is 0 Å². The normalized spacial score (nSPS) is 15.9. The SMILES string of the molecule is COc1ccccc1CNC(=O)CCS(=O)(=O)c1ccc2c(c1)NC(=O)[C@H](C)S2. The molecule has 0 radical (unpaired) electrons. The summed E-state index contributed by atoms with van der Waals surface area (Å²) in [4.78, 5) is 24.9. The van der Waals surface area contributed by atoms with Gasteiger partial charge >= 0.3 is 0 Å². The molecule has 0 bridgehead atoms. The monoisotopic (exact) mass is 434 g/mol. The van der Waals surface area contributed by atoms with E-state index in [0.29, 0.717) is 11.4 Å². The number of hydrogen-bond donors (Lipinski definition) is 2. The van der Waals surface area contributed by atoms with Crippen LogP contribution in [0.15, 0.2) is 52.3 Å². The van der Waals surface area contributed by atoms with Crippen molar-refractivity contribution in [1.29, 1.82) is 0 Å². The topological polar surface area (TPSA) is 102 Å². The largest absolute Gasteiger partial charge is 0.496 e. The Kier molecular flexibility index (Phi) is 6.49. The van der Waals surface area contributed by atoms with Crippen molar-refractivity contribution in [3.8, 4) is 5.75 Å². The number of amides is 2. The van der Waals surface area contributed by atoms with Gasteiger partial charge in [-0.3, -0.25) is 9.59 Å². The van der Waals surface area contributed by atoms with Crippen molar-refractivity contribution in [2.75, 3.05) is 18.2 Å². The van der Waals surface area contributed by atoms with Crippen LogP contribution in [0.2, 0.25) is 0 Å². The second kappa shape index (κ2) is 8.87. The van der Waals surface area contributed by atoms with Crippen molar-refractivity contribution in [1.82, 2.24) is 5.32 Å². The van der Waals surface area contributed by atoms with Gasteiger partial charge in [0.2, 0.25) is 11.8 Å². The van der Waals surface area contributed by atoms with Crippen LogP contribution in [0.25, 0.3) is 0 Å². The summed E-state index contributed by atoms with van der Waals surface area (Å²) in [7, 11) is -2.11. The summed E-state index contributed by atoms with van der Waals surface area (Å²) in [5, 5.41) is 5.21. The maximum atomic E-state index is 12.6. The minimum atomic E-state index is -3.66. The highest BCUT2D eigenvalue weighted by Crippen LogP contribution is 2.36. The number of benzene rings is 2. The smallest absolute Gasteiger partial charge is 0.237 e. The summed E-state index contributed by atoms with van der Waals surface area (Å²) in [5.74, 6) is -0.187. The Hall–Kier alpha value is -2.52. The lowest BCUT2D eigenvalue weighted by molar-refractivity contribution is -0.121. The Balaban J connectivity index is 1.60. The van der Waals surface area contributed by atoms with Crippen LogP contribution in [0.4, 0.5) is 5.69 Å². The van der Waals surface area contributed by atoms with Gasteiger partial charge in [-0.25, -0.2) is 8.42 Å². The van der Waals surface area contributed by atoms with Crippen LogP contribution < -0.4 is 15.4 Å². The highest BCUT2D eigenvalue weighted by molar-refractivity contribution is 8.01. The number of para-hydroxylation sites is 1. The third kappa shape index (κ3) is 5.10. The van der Waals surface area contributed by atoms with Crippen molar-refractivity contribution in [2.45, 2.75) is 34.9 Å². The number of thioether (sulfide) groups is 1. The van der Waals surface area contributed by atoms with Gasteiger partial charge in [-0.15, -0.1) is 11.8 Å². The number of anilines is 1. The molecule has 0 saturated carbocycles. The molecule has 2 aromatic carbocycles. The van der Waals surface area contributed by atoms with Crippen molar-refractivity contribution in [2.24, 2.45) is 0 Å². The minimum Gasteiger partial charge on any atom is -0.496 e. The van der Waals surface area contributed by atoms with Crippen molar-refractivity contribution in [3.05, 3.63) is 48.0 Å². The molecule has 0 aromatic heterocycles. The van der Waals surface area contributed by atoms with Gasteiger partial charge in [0.1, 0.15) is 5.75 Å². The number of fused-ring (bicyclic) bond motifs is 1. The van der Waals surface area contributed by atoms with E-state index in [0.717, 1.165) is 10.5 Å². The molecule has 0 fully saturated rings. The molecule has 0 aliphatic carbocycles. The van der Waals surface area contributed by atoms with E-state index in [1.54, 1.807) is 26.2 Å². The Morgan fingerprint density at radius 1 is 1.24 bits per heavy atom. The third-order valence-corrected chi connectivity index (χ3v) is 7.40. The summed E-state index contributed by atoms with van der Waals surface area (Å²) in [6, 6.07) is 11.9. The average Bonchev–Trinajstić information content (AvgIpc) is 2.71. The van der Waals surface area contributed by atoms with Crippen LogP contribution in [0, 0.1) is 0 Å². The fraction of sp³-hybridized carbons (Fsp3) is 0.300. The summed E-state index contributed by atoms with van der Waals surface area (Å²) in [5.41, 5.74) is 1.29. The predicted octanol–water partition coefficient (Wildman–Crippen LogP) is 2.61. The summed E-state index contributed by atoms with van der Waals surface area (Å²) in [6.45, 7) is 2.04. The van der Waals surface area contributed by atoms with Gasteiger partial charge < -0.3 is 15.4 Å². The zero-order valence-corrected chi connectivity index (χ0v) is 17.7. The van der Waals surface area contributed by atoms with E-state index < -0.39 is 9.84 Å². The van der Waals surface area contributed by atoms with E-state index >= 15 is 0 Å². The second-order valence-electron chi connectivity index (χ2n) is 6.56. The molecule has 1 aliphatic rings. The van der Waals surface area contributed by atoms with Gasteiger partial charge in [-0.2, -0.15) is 0 Å². The van der Waals surface area contributed by atoms with E-state index in [-0.39, 0.29) is 40.7 Å². The van der Waals surface area contributed by atoms with Crippen molar-refractivity contribution >= 4 is 39.1 Å². The molecule has 2 amide bonds. The predicted molar refractivity (Wildman–Crippen MR) is 112 cm³/mol. The highest BCUT2D eigenvalue weighted by Gasteiger charge is 2.25. The Morgan fingerprint density at radius 3 is 2.76 bits per heavy atom. The highest BCUT2D eigenvalue weighted by atomic mass is 32.2. The fourth-order valence-electron chi connectivity index (χ4n) is 2.86. The van der Waals surface area contributed by atoms with Crippen molar-refractivity contribution in [3.63, 3.8) is 0 Å². The number of carbonyl (C=O) groups excluding carboxylic acids is 2. The van der Waals surface area contributed by atoms with Crippen LogP contribution in [-0.4, -0.2) is 38.3 Å². The number of carbonyl (C=O) groups is 2. The molecule has 0 unspecified atom stereocenters. The average molecular weight is 435 g/mol. The molecule has 29 heavy (non-hydrogen) atoms. The number of nitrogens with one attached hydrogen (secondary N) is 2. The van der Waals surface area contributed by atoms with E-state index in [4.69, 9.17) is 4.74 Å². The molecular formula is C20H22N2O5S2. The molecule has 2 aromatic rings. The van der Waals surface area contributed by atoms with Gasteiger partial charge in [-0.1, -0.05) is 18.2 Å². The van der Waals surface area contributed by atoms with E-state index in [2.05, 4.69) is 10.6 Å². The standard InChI is InChI=1S/C20H22N2O5S2/c1-13-20(24)22-16-11-15(7-8-18(16)28-13)29(25,26)10-9-19(23)21-12-14-5-3-4-6-17(14)27-2/h3-8,11,13H,9-10,12H2,1-2H3,(H,21,23)(H,22,24)/t13-/m0/s1. The van der Waals surface area contributed by atoms with Crippen LogP contribution in [-0.2, 0) is 26.0 Å². The third-order valence-electron chi connectivity index (χ3n) is 4.51. The summed E-state index contributed by atoms with van der Waals surface area (Å²) < 4.78 is 30.5. The van der Waals surface area contributed by atoms with Gasteiger partial charge in [0.05, 0.1) is 28.7 Å². The van der Waals surface area contributed by atoms with Crippen molar-refractivity contribution < 1.29 is 22.7 Å². The number of hydrogen-bond acceptors (Lipinski definition) is 6. The van der Waals surface area contributed by atoms with Gasteiger partial charge in [0.15, 0.2) is 9.84 Å². The van der Waals surface area contributed by atoms with Crippen LogP contribution in [0.5, 0.6) is 5.75 Å². The van der Waals surface area contributed by atoms with E-state index in [1.807, 2.05) is 18.2 Å². The quantitative estimate of drug-likeness (QED) is 0.695. The molecule has 9 heteroatoms. The molecule has 1 atom stereocenters. The molecule has 2 N–H and O–H groups in total. The first-order valence-electron chi connectivity index (χ1n) is 9.03. The zero-order chi connectivity index (χ0) is 21.0. The number of rotatable bonds is 7. The molecule has 1 aliphatic heterocycles. The number of sulfone groups is 1. The summed E-state index contributed by atoms with van der Waals surface area (Å²) in [6.07, 6.45) is -0.160. The fourth-order valence-corrected chi connectivity index (χ4v) is 5.05. The first-order chi connectivity index (χ1) is 13.8. The second-order valence-corrected chi connectivity index (χ2v) is 10.1. The van der Waals surface area contributed by atoms with Gasteiger partial charge in [-0.05, 0) is 31.2 Å². The molecule has 7 nitrogen and oxygen atoms in total. The minimum absolute atomic E-state index is 0.0873. The van der Waals surface area contributed by atoms with E-state index in [9.17, 15) is 18.0 Å². The maximum Gasteiger partial charge on any atom is 0.237 e. The van der Waals surface area contributed by atoms with Crippen LogP contribution in [0.1, 0.15) is 18.9 Å². The lowest BCUT2D eigenvalue weighted by atomic mass is 10.2. The van der Waals surface area contributed by atoms with Gasteiger partial charge in [0, 0.05) is 23.4 Å². The molecular weight excluding hydrogens is 412 g/mol. The molecule has 3 rings (SSSR count). The Morgan fingerprint density at radius 2 is 2.00 bits per heavy atom. The lowest BCUT2D eigenvalue weighted by Gasteiger charge is -2.21. The molecule has 1 heterocycles. The Labute approximate surface area is 174 Å². The first-order valence-corrected chi connectivity index (χ1v) is 11.6. The van der Waals surface area contributed by atoms with Crippen LogP contribution >= 0.6 is 11.8 Å². The van der Waals surface area contributed by atoms with Crippen LogP contribution in [0.3, 0.4) is 0 Å².